The summed E-state index contributed by atoms with van der Waals surface area (Å²) < 4.78 is 11.3. The highest BCUT2D eigenvalue weighted by atomic mass is 16.7. The van der Waals surface area contributed by atoms with Gasteiger partial charge in [-0.25, -0.2) is 0 Å². The van der Waals surface area contributed by atoms with Gasteiger partial charge in [0, 0.05) is 6.42 Å². The highest BCUT2D eigenvalue weighted by Crippen LogP contribution is 2.24. The summed E-state index contributed by atoms with van der Waals surface area (Å²) in [5.41, 5.74) is 0. The van der Waals surface area contributed by atoms with Crippen molar-refractivity contribution in [2.75, 3.05) is 13.2 Å². The van der Waals surface area contributed by atoms with E-state index in [0.29, 0.717) is 6.42 Å². The van der Waals surface area contributed by atoms with Gasteiger partial charge in [0.25, 0.3) is 0 Å². The number of hydrogen-bond donors (Lipinski definition) is 6. The molecule has 1 aliphatic rings. The van der Waals surface area contributed by atoms with Crippen molar-refractivity contribution >= 4 is 5.91 Å². The maximum Gasteiger partial charge on any atom is 0.220 e. The van der Waals surface area contributed by atoms with E-state index in [1.165, 1.54) is 321 Å². The van der Waals surface area contributed by atoms with Gasteiger partial charge in [0.05, 0.1) is 25.4 Å². The minimum Gasteiger partial charge on any atom is -0.394 e. The van der Waals surface area contributed by atoms with Crippen LogP contribution in [0, 0.1) is 0 Å². The van der Waals surface area contributed by atoms with Crippen LogP contribution in [-0.2, 0) is 14.3 Å². The number of nitrogens with one attached hydrogen (secondary N) is 1. The molecular weight excluding hydrogens is 1050 g/mol. The fourth-order valence-electron chi connectivity index (χ4n) is 12.3. The number of amides is 1. The lowest BCUT2D eigenvalue weighted by atomic mass is 9.99. The third kappa shape index (κ3) is 53.9. The average Bonchev–Trinajstić information content (AvgIpc) is 3.68. The van der Waals surface area contributed by atoms with Crippen molar-refractivity contribution < 1.29 is 39.8 Å². The van der Waals surface area contributed by atoms with Gasteiger partial charge in [-0.05, 0) is 44.9 Å². The number of aliphatic hydroxyl groups is 5. The van der Waals surface area contributed by atoms with Crippen LogP contribution in [0.1, 0.15) is 386 Å². The summed E-state index contributed by atoms with van der Waals surface area (Å²) in [6, 6.07) is -0.828. The second-order valence-corrected chi connectivity index (χ2v) is 26.4. The van der Waals surface area contributed by atoms with E-state index in [0.717, 1.165) is 44.9 Å². The van der Waals surface area contributed by atoms with Gasteiger partial charge in [-0.15, -0.1) is 0 Å². The van der Waals surface area contributed by atoms with E-state index in [4.69, 9.17) is 9.47 Å². The summed E-state index contributed by atoms with van der Waals surface area (Å²) in [6.45, 7) is 3.82. The minimum atomic E-state index is -1.58. The van der Waals surface area contributed by atoms with Gasteiger partial charge in [-0.2, -0.15) is 0 Å². The van der Waals surface area contributed by atoms with E-state index in [2.05, 4.69) is 43.5 Å². The first-order chi connectivity index (χ1) is 41.8. The van der Waals surface area contributed by atoms with Crippen molar-refractivity contribution in [2.24, 2.45) is 0 Å². The third-order valence-electron chi connectivity index (χ3n) is 18.2. The molecule has 1 rings (SSSR count). The summed E-state index contributed by atoms with van der Waals surface area (Å²) in [5.74, 6) is -0.182. The van der Waals surface area contributed by atoms with Crippen LogP contribution in [0.5, 0.6) is 0 Å². The van der Waals surface area contributed by atoms with Crippen molar-refractivity contribution in [2.45, 2.75) is 429 Å². The molecule has 0 spiro atoms. The zero-order chi connectivity index (χ0) is 61.4. The molecular formula is C76H145NO8. The molecule has 0 aliphatic carbocycles. The molecule has 9 heteroatoms. The number of allylic oxidation sites excluding steroid dienone is 5. The Kier molecular flexibility index (Phi) is 62.6. The maximum atomic E-state index is 13.1. The second-order valence-electron chi connectivity index (χ2n) is 26.4. The number of carbonyl (C=O) groups is 1. The normalized spacial score (nSPS) is 18.2. The largest absolute Gasteiger partial charge is 0.394 e. The maximum absolute atomic E-state index is 13.1. The van der Waals surface area contributed by atoms with Crippen LogP contribution in [0.15, 0.2) is 36.5 Å². The summed E-state index contributed by atoms with van der Waals surface area (Å²) in [4.78, 5) is 13.1. The van der Waals surface area contributed by atoms with E-state index in [9.17, 15) is 30.3 Å². The molecule has 85 heavy (non-hydrogen) atoms. The Labute approximate surface area is 527 Å². The van der Waals surface area contributed by atoms with Crippen LogP contribution < -0.4 is 5.32 Å². The molecule has 1 amide bonds. The zero-order valence-electron chi connectivity index (χ0n) is 56.4. The predicted molar refractivity (Wildman–Crippen MR) is 364 cm³/mol. The lowest BCUT2D eigenvalue weighted by molar-refractivity contribution is -0.302. The third-order valence-corrected chi connectivity index (χ3v) is 18.2. The summed E-state index contributed by atoms with van der Waals surface area (Å²) in [6.07, 6.45) is 81.4. The molecule has 502 valence electrons. The molecule has 7 unspecified atom stereocenters. The van der Waals surface area contributed by atoms with Crippen LogP contribution in [0.3, 0.4) is 0 Å². The van der Waals surface area contributed by atoms with E-state index < -0.39 is 49.5 Å². The van der Waals surface area contributed by atoms with Crippen LogP contribution in [0.2, 0.25) is 0 Å². The van der Waals surface area contributed by atoms with Crippen molar-refractivity contribution in [3.05, 3.63) is 36.5 Å². The van der Waals surface area contributed by atoms with E-state index in [-0.39, 0.29) is 12.5 Å². The van der Waals surface area contributed by atoms with Crippen LogP contribution in [-0.4, -0.2) is 87.5 Å². The predicted octanol–water partition coefficient (Wildman–Crippen LogP) is 21.0. The van der Waals surface area contributed by atoms with Gasteiger partial charge in [-0.1, -0.05) is 371 Å². The smallest absolute Gasteiger partial charge is 0.220 e. The van der Waals surface area contributed by atoms with Gasteiger partial charge in [-0.3, -0.25) is 4.79 Å². The van der Waals surface area contributed by atoms with Crippen LogP contribution in [0.4, 0.5) is 0 Å². The SMILES string of the molecule is CCCCCCCCCCCCCCCCCCCCCCCCC/C=C/CC/C=C/CC/C=C/C(O)C(COC1OC(CO)C(O)C(O)C1O)NC(=O)CCCCCCCCCCCCCCCCCCCCCCCCCCCCCCC. The summed E-state index contributed by atoms with van der Waals surface area (Å²) in [7, 11) is 0. The Balaban J connectivity index is 2.12. The van der Waals surface area contributed by atoms with Gasteiger partial charge in [0.2, 0.25) is 5.91 Å². The second kappa shape index (κ2) is 65.4. The Bertz CT molecular complexity index is 1440. The summed E-state index contributed by atoms with van der Waals surface area (Å²) >= 11 is 0. The molecule has 1 aliphatic heterocycles. The van der Waals surface area contributed by atoms with E-state index >= 15 is 0 Å². The molecule has 0 aromatic heterocycles. The van der Waals surface area contributed by atoms with Gasteiger partial charge >= 0.3 is 0 Å². The molecule has 0 bridgehead atoms. The standard InChI is InChI=1S/C76H145NO8/c1-3-5-7-9-11-13-15-17-19-21-23-25-27-29-31-33-34-35-36-38-39-41-43-45-47-49-51-53-55-57-59-61-63-65-70(79)69(68-84-76-75(83)74(82)73(81)71(67-78)85-76)77-72(80)66-64-62-60-58-56-54-52-50-48-46-44-42-40-37-32-30-28-26-24-22-20-18-16-14-12-10-8-6-4-2/h47,49,55,57,63,65,69-71,73-76,78-79,81-83H,3-46,48,50-54,56,58-62,64,66-68H2,1-2H3,(H,77,80)/b49-47+,57-55+,65-63+. The number of rotatable bonds is 67. The molecule has 0 saturated carbocycles. The Morgan fingerprint density at radius 3 is 0.988 bits per heavy atom. The molecule has 0 radical (unpaired) electrons. The summed E-state index contributed by atoms with van der Waals surface area (Å²) in [5, 5.41) is 54.8. The highest BCUT2D eigenvalue weighted by Gasteiger charge is 2.44. The fraction of sp³-hybridized carbons (Fsp3) is 0.908. The molecule has 7 atom stereocenters. The minimum absolute atomic E-state index is 0.182. The first-order valence-corrected chi connectivity index (χ1v) is 37.7. The first-order valence-electron chi connectivity index (χ1n) is 37.7. The number of aliphatic hydroxyl groups excluding tert-OH is 5. The molecule has 1 saturated heterocycles. The Morgan fingerprint density at radius 2 is 0.671 bits per heavy atom. The molecule has 9 nitrogen and oxygen atoms in total. The van der Waals surface area contributed by atoms with Crippen molar-refractivity contribution in [3.63, 3.8) is 0 Å². The number of unbranched alkanes of at least 4 members (excludes halogenated alkanes) is 53. The average molecular weight is 1200 g/mol. The Morgan fingerprint density at radius 1 is 0.388 bits per heavy atom. The van der Waals surface area contributed by atoms with Crippen LogP contribution in [0.25, 0.3) is 0 Å². The zero-order valence-corrected chi connectivity index (χ0v) is 56.4. The molecule has 6 N–H and O–H groups in total. The van der Waals surface area contributed by atoms with Gasteiger partial charge < -0.3 is 40.3 Å². The van der Waals surface area contributed by atoms with Crippen LogP contribution >= 0.6 is 0 Å². The monoisotopic (exact) mass is 1200 g/mol. The highest BCUT2D eigenvalue weighted by molar-refractivity contribution is 5.76. The van der Waals surface area contributed by atoms with Crippen molar-refractivity contribution in [1.29, 1.82) is 0 Å². The fourth-order valence-corrected chi connectivity index (χ4v) is 12.3. The lowest BCUT2D eigenvalue weighted by Crippen LogP contribution is -2.60. The molecule has 1 heterocycles. The molecule has 0 aromatic rings. The van der Waals surface area contributed by atoms with Gasteiger partial charge in [0.15, 0.2) is 6.29 Å². The quantitative estimate of drug-likeness (QED) is 0.0261. The number of hydrogen-bond acceptors (Lipinski definition) is 8. The van der Waals surface area contributed by atoms with Crippen molar-refractivity contribution in [1.82, 2.24) is 5.32 Å². The first kappa shape index (κ1) is 81.4. The molecule has 0 aromatic carbocycles. The van der Waals surface area contributed by atoms with E-state index in [1.54, 1.807) is 6.08 Å². The van der Waals surface area contributed by atoms with Gasteiger partial charge in [0.1, 0.15) is 24.4 Å². The lowest BCUT2D eigenvalue weighted by Gasteiger charge is -2.40. The number of carbonyl (C=O) groups excluding carboxylic acids is 1. The molecule has 1 fully saturated rings. The topological polar surface area (TPSA) is 149 Å². The number of ether oxygens (including phenoxy) is 2. The van der Waals surface area contributed by atoms with Crippen molar-refractivity contribution in [3.8, 4) is 0 Å². The Hall–Kier alpha value is -1.59. The van der Waals surface area contributed by atoms with E-state index in [1.807, 2.05) is 6.08 Å².